The van der Waals surface area contributed by atoms with Gasteiger partial charge in [0.1, 0.15) is 0 Å². The average molecular weight is 238 g/mol. The van der Waals surface area contributed by atoms with E-state index in [1.165, 1.54) is 0 Å². The number of hydrogen-bond donors (Lipinski definition) is 0. The predicted octanol–water partition coefficient (Wildman–Crippen LogP) is 3.08. The zero-order valence-electron chi connectivity index (χ0n) is 8.75. The SMILES string of the molecule is FN(F)C1[C@@H]2CC3C[C@H]1CC(N(F)F)(C3)C2. The molecule has 4 rings (SSSR count). The third kappa shape index (κ3) is 1.32. The van der Waals surface area contributed by atoms with Gasteiger partial charge >= 0.3 is 0 Å². The Kier molecular flexibility index (Phi) is 2.24. The van der Waals surface area contributed by atoms with E-state index in [0.717, 1.165) is 0 Å². The minimum atomic E-state index is -1.09. The molecule has 4 aliphatic rings. The molecule has 6 heteroatoms. The smallest absolute Gasteiger partial charge is 0.0848 e. The third-order valence-corrected chi connectivity index (χ3v) is 4.78. The molecule has 5 atom stereocenters. The Balaban J connectivity index is 1.89. The van der Waals surface area contributed by atoms with Crippen LogP contribution in [0.25, 0.3) is 0 Å². The van der Waals surface area contributed by atoms with Crippen LogP contribution in [0, 0.1) is 17.8 Å². The van der Waals surface area contributed by atoms with Crippen LogP contribution in [0.4, 0.5) is 17.9 Å². The van der Waals surface area contributed by atoms with Crippen molar-refractivity contribution in [1.82, 2.24) is 10.7 Å². The van der Waals surface area contributed by atoms with Gasteiger partial charge < -0.3 is 0 Å². The molecule has 3 unspecified atom stereocenters. The summed E-state index contributed by atoms with van der Waals surface area (Å²) < 4.78 is 51.4. The average Bonchev–Trinajstić information content (AvgIpc) is 2.14. The first-order chi connectivity index (χ1) is 7.52. The largest absolute Gasteiger partial charge is 0.101 e. The van der Waals surface area contributed by atoms with Crippen LogP contribution in [0.3, 0.4) is 0 Å². The van der Waals surface area contributed by atoms with Gasteiger partial charge in [-0.25, -0.2) is 0 Å². The molecule has 0 aliphatic heterocycles. The third-order valence-electron chi connectivity index (χ3n) is 4.78. The molecule has 0 heterocycles. The number of hydrogen-bond acceptors (Lipinski definition) is 2. The standard InChI is InChI=1S/C10H14F4N2/c11-15(12)9-7-1-6-2-8(9)5-10(3-6,4-7)16(13)14/h6-9H,1-5H2/t6?,7-,8+,9?,10?. The topological polar surface area (TPSA) is 6.48 Å². The van der Waals surface area contributed by atoms with Crippen molar-refractivity contribution in [3.8, 4) is 0 Å². The summed E-state index contributed by atoms with van der Waals surface area (Å²) in [5.41, 5.74) is -1.09. The van der Waals surface area contributed by atoms with Gasteiger partial charge in [-0.15, -0.1) is 17.9 Å². The lowest BCUT2D eigenvalue weighted by molar-refractivity contribution is -0.308. The molecular formula is C10H14F4N2. The second-order valence-electron chi connectivity index (χ2n) is 5.68. The zero-order valence-corrected chi connectivity index (χ0v) is 8.75. The highest BCUT2D eigenvalue weighted by atomic mass is 19.4. The second kappa shape index (κ2) is 3.32. The fraction of sp³-hybridized carbons (Fsp3) is 1.00. The summed E-state index contributed by atoms with van der Waals surface area (Å²) in [6.45, 7) is 0. The van der Waals surface area contributed by atoms with Gasteiger partial charge in [0, 0.05) is 10.7 Å². The van der Waals surface area contributed by atoms with E-state index in [9.17, 15) is 17.9 Å². The van der Waals surface area contributed by atoms with E-state index in [-0.39, 0.29) is 30.6 Å². The van der Waals surface area contributed by atoms with Crippen molar-refractivity contribution in [2.45, 2.75) is 43.7 Å². The summed E-state index contributed by atoms with van der Waals surface area (Å²) in [6.07, 6.45) is 2.32. The Morgan fingerprint density at radius 2 is 1.44 bits per heavy atom. The summed E-state index contributed by atoms with van der Waals surface area (Å²) in [5.74, 6) is -0.284. The highest BCUT2D eigenvalue weighted by molar-refractivity contribution is 5.09. The quantitative estimate of drug-likeness (QED) is 0.539. The van der Waals surface area contributed by atoms with Crippen LogP contribution in [0.15, 0.2) is 0 Å². The van der Waals surface area contributed by atoms with Crippen molar-refractivity contribution in [3.63, 3.8) is 0 Å². The Bertz CT molecular complexity index is 281. The Hall–Kier alpha value is -0.360. The van der Waals surface area contributed by atoms with E-state index < -0.39 is 22.3 Å². The van der Waals surface area contributed by atoms with Gasteiger partial charge in [-0.1, -0.05) is 0 Å². The molecular weight excluding hydrogens is 224 g/mol. The van der Waals surface area contributed by atoms with E-state index in [1.54, 1.807) is 0 Å². The highest BCUT2D eigenvalue weighted by Crippen LogP contribution is 2.59. The fourth-order valence-corrected chi connectivity index (χ4v) is 4.48. The molecule has 4 bridgehead atoms. The molecule has 0 radical (unpaired) electrons. The minimum absolute atomic E-state index is 0.224. The summed E-state index contributed by atoms with van der Waals surface area (Å²) in [7, 11) is 0. The summed E-state index contributed by atoms with van der Waals surface area (Å²) >= 11 is 0. The van der Waals surface area contributed by atoms with Crippen molar-refractivity contribution < 1.29 is 17.9 Å². The lowest BCUT2D eigenvalue weighted by Gasteiger charge is -2.58. The molecule has 0 spiro atoms. The molecule has 0 amide bonds. The maximum Gasteiger partial charge on any atom is 0.0848 e. The number of rotatable bonds is 2. The summed E-state index contributed by atoms with van der Waals surface area (Å²) in [6, 6.07) is -0.787. The van der Waals surface area contributed by atoms with Crippen molar-refractivity contribution >= 4 is 0 Å². The molecule has 2 nitrogen and oxygen atoms in total. The number of nitrogens with zero attached hydrogens (tertiary/aromatic N) is 2. The second-order valence-corrected chi connectivity index (χ2v) is 5.68. The summed E-state index contributed by atoms with van der Waals surface area (Å²) in [5, 5.41) is -1.43. The Morgan fingerprint density at radius 3 is 1.88 bits per heavy atom. The molecule has 16 heavy (non-hydrogen) atoms. The lowest BCUT2D eigenvalue weighted by atomic mass is 9.51. The van der Waals surface area contributed by atoms with Gasteiger partial charge in [-0.3, -0.25) is 0 Å². The molecule has 4 fully saturated rings. The van der Waals surface area contributed by atoms with Crippen molar-refractivity contribution in [3.05, 3.63) is 0 Å². The van der Waals surface area contributed by atoms with Crippen molar-refractivity contribution in [2.24, 2.45) is 17.8 Å². The van der Waals surface area contributed by atoms with Crippen LogP contribution in [-0.2, 0) is 0 Å². The molecule has 0 saturated heterocycles. The molecule has 0 N–H and O–H groups in total. The van der Waals surface area contributed by atoms with E-state index in [4.69, 9.17) is 0 Å². The molecule has 92 valence electrons. The fourth-order valence-electron chi connectivity index (χ4n) is 4.48. The number of halogens is 4. The van der Waals surface area contributed by atoms with Gasteiger partial charge in [0.2, 0.25) is 0 Å². The monoisotopic (exact) mass is 238 g/mol. The maximum absolute atomic E-state index is 12.9. The first-order valence-electron chi connectivity index (χ1n) is 5.74. The van der Waals surface area contributed by atoms with Crippen LogP contribution in [0.2, 0.25) is 0 Å². The molecule has 4 aliphatic carbocycles. The Morgan fingerprint density at radius 1 is 0.875 bits per heavy atom. The van der Waals surface area contributed by atoms with Gasteiger partial charge in [0.25, 0.3) is 0 Å². The summed E-state index contributed by atoms with van der Waals surface area (Å²) in [4.78, 5) is 0. The maximum atomic E-state index is 12.9. The van der Waals surface area contributed by atoms with Crippen LogP contribution in [-0.4, -0.2) is 22.3 Å². The van der Waals surface area contributed by atoms with E-state index >= 15 is 0 Å². The first-order valence-corrected chi connectivity index (χ1v) is 5.74. The lowest BCUT2D eigenvalue weighted by Crippen LogP contribution is -2.62. The van der Waals surface area contributed by atoms with E-state index in [1.807, 2.05) is 0 Å². The van der Waals surface area contributed by atoms with Crippen LogP contribution >= 0.6 is 0 Å². The van der Waals surface area contributed by atoms with Crippen molar-refractivity contribution in [1.29, 1.82) is 0 Å². The van der Waals surface area contributed by atoms with Crippen LogP contribution in [0.1, 0.15) is 32.1 Å². The van der Waals surface area contributed by atoms with Gasteiger partial charge in [-0.05, 0) is 49.9 Å². The molecule has 0 aromatic rings. The van der Waals surface area contributed by atoms with Crippen LogP contribution < -0.4 is 0 Å². The molecule has 0 aromatic heterocycles. The molecule has 4 saturated carbocycles. The van der Waals surface area contributed by atoms with E-state index in [0.29, 0.717) is 19.3 Å². The van der Waals surface area contributed by atoms with Gasteiger partial charge in [0.15, 0.2) is 0 Å². The van der Waals surface area contributed by atoms with Crippen molar-refractivity contribution in [2.75, 3.05) is 0 Å². The van der Waals surface area contributed by atoms with Crippen LogP contribution in [0.5, 0.6) is 0 Å². The zero-order chi connectivity index (χ0) is 11.5. The highest BCUT2D eigenvalue weighted by Gasteiger charge is 2.60. The van der Waals surface area contributed by atoms with E-state index in [2.05, 4.69) is 0 Å². The normalized spacial score (nSPS) is 50.6. The predicted molar refractivity (Wildman–Crippen MR) is 48.2 cm³/mol. The first kappa shape index (κ1) is 10.8. The van der Waals surface area contributed by atoms with Gasteiger partial charge in [0.05, 0.1) is 11.6 Å². The molecule has 0 aromatic carbocycles. The van der Waals surface area contributed by atoms with Gasteiger partial charge in [-0.2, -0.15) is 0 Å². The Labute approximate surface area is 90.9 Å². The minimum Gasteiger partial charge on any atom is -0.101 e.